The molecule has 124 valence electrons. The zero-order valence-corrected chi connectivity index (χ0v) is 13.3. The van der Waals surface area contributed by atoms with Crippen LogP contribution in [0.4, 0.5) is 15.8 Å². The summed E-state index contributed by atoms with van der Waals surface area (Å²) in [6.07, 6.45) is 0.0299. The van der Waals surface area contributed by atoms with Gasteiger partial charge in [0.15, 0.2) is 6.61 Å². The van der Waals surface area contributed by atoms with E-state index in [1.54, 1.807) is 18.2 Å². The summed E-state index contributed by atoms with van der Waals surface area (Å²) in [6.45, 7) is 0.116. The van der Waals surface area contributed by atoms with Crippen molar-refractivity contribution >= 4 is 34.8 Å². The lowest BCUT2D eigenvalue weighted by Crippen LogP contribution is -2.40. The summed E-state index contributed by atoms with van der Waals surface area (Å²) in [5.74, 6) is -0.628. The van der Waals surface area contributed by atoms with Crippen LogP contribution in [0.1, 0.15) is 6.42 Å². The van der Waals surface area contributed by atoms with Gasteiger partial charge in [0, 0.05) is 18.0 Å². The molecule has 0 saturated carbocycles. The summed E-state index contributed by atoms with van der Waals surface area (Å²) in [5.41, 5.74) is 0.678. The molecule has 0 saturated heterocycles. The van der Waals surface area contributed by atoms with Gasteiger partial charge >= 0.3 is 0 Å². The van der Waals surface area contributed by atoms with E-state index in [9.17, 15) is 14.0 Å². The lowest BCUT2D eigenvalue weighted by Gasteiger charge is -2.29. The number of rotatable bonds is 4. The van der Waals surface area contributed by atoms with Crippen molar-refractivity contribution in [1.29, 1.82) is 0 Å². The number of ether oxygens (including phenoxy) is 1. The number of para-hydroxylation sites is 2. The maximum absolute atomic E-state index is 13.7. The summed E-state index contributed by atoms with van der Waals surface area (Å²) >= 11 is 5.67. The molecule has 0 unspecified atom stereocenters. The highest BCUT2D eigenvalue weighted by Crippen LogP contribution is 2.31. The largest absolute Gasteiger partial charge is 0.482 e. The Bertz CT molecular complexity index is 797. The molecular formula is C17H14ClFN2O3. The Labute approximate surface area is 143 Å². The molecular weight excluding hydrogens is 335 g/mol. The number of benzene rings is 2. The summed E-state index contributed by atoms with van der Waals surface area (Å²) in [5, 5.41) is 2.72. The van der Waals surface area contributed by atoms with Crippen LogP contribution in [0.3, 0.4) is 0 Å². The highest BCUT2D eigenvalue weighted by atomic mass is 35.5. The van der Waals surface area contributed by atoms with Gasteiger partial charge in [0.1, 0.15) is 11.6 Å². The second-order valence-electron chi connectivity index (χ2n) is 5.22. The first-order valence-electron chi connectivity index (χ1n) is 7.31. The van der Waals surface area contributed by atoms with E-state index in [0.29, 0.717) is 11.4 Å². The fourth-order valence-electron chi connectivity index (χ4n) is 2.42. The molecule has 5 nitrogen and oxygen atoms in total. The van der Waals surface area contributed by atoms with E-state index >= 15 is 0 Å². The second kappa shape index (κ2) is 6.88. The normalized spacial score (nSPS) is 13.2. The van der Waals surface area contributed by atoms with Crippen LogP contribution in [0.5, 0.6) is 5.75 Å². The fraction of sp³-hybridized carbons (Fsp3) is 0.176. The third kappa shape index (κ3) is 3.49. The summed E-state index contributed by atoms with van der Waals surface area (Å²) in [4.78, 5) is 25.5. The molecule has 2 aromatic rings. The van der Waals surface area contributed by atoms with Gasteiger partial charge in [0.2, 0.25) is 5.91 Å². The van der Waals surface area contributed by atoms with Crippen molar-refractivity contribution in [3.05, 3.63) is 53.3 Å². The predicted molar refractivity (Wildman–Crippen MR) is 88.9 cm³/mol. The molecule has 2 amide bonds. The van der Waals surface area contributed by atoms with E-state index in [1.807, 2.05) is 6.07 Å². The highest BCUT2D eigenvalue weighted by Gasteiger charge is 2.25. The molecule has 24 heavy (non-hydrogen) atoms. The Morgan fingerprint density at radius 3 is 2.88 bits per heavy atom. The first-order valence-corrected chi connectivity index (χ1v) is 7.69. The maximum Gasteiger partial charge on any atom is 0.265 e. The molecule has 1 heterocycles. The van der Waals surface area contributed by atoms with Crippen molar-refractivity contribution in [3.63, 3.8) is 0 Å². The van der Waals surface area contributed by atoms with Crippen LogP contribution in [0.15, 0.2) is 42.5 Å². The average molecular weight is 349 g/mol. The zero-order chi connectivity index (χ0) is 17.1. The summed E-state index contributed by atoms with van der Waals surface area (Å²) < 4.78 is 19.0. The molecule has 1 N–H and O–H groups in total. The maximum atomic E-state index is 13.7. The first-order chi connectivity index (χ1) is 11.5. The van der Waals surface area contributed by atoms with Gasteiger partial charge in [-0.1, -0.05) is 23.7 Å². The number of hydrogen-bond acceptors (Lipinski definition) is 3. The predicted octanol–water partition coefficient (Wildman–Crippen LogP) is 3.23. The molecule has 0 radical (unpaired) electrons. The van der Waals surface area contributed by atoms with Crippen LogP contribution >= 0.6 is 11.6 Å². The molecule has 0 bridgehead atoms. The van der Waals surface area contributed by atoms with Crippen molar-refractivity contribution in [2.45, 2.75) is 6.42 Å². The van der Waals surface area contributed by atoms with Crippen LogP contribution in [0.2, 0.25) is 5.02 Å². The van der Waals surface area contributed by atoms with Crippen LogP contribution in [-0.2, 0) is 9.59 Å². The summed E-state index contributed by atoms with van der Waals surface area (Å²) in [6, 6.07) is 11.1. The van der Waals surface area contributed by atoms with E-state index in [2.05, 4.69) is 5.32 Å². The monoisotopic (exact) mass is 348 g/mol. The molecule has 0 atom stereocenters. The van der Waals surface area contributed by atoms with E-state index in [-0.39, 0.29) is 36.2 Å². The molecule has 1 aliphatic heterocycles. The van der Waals surface area contributed by atoms with E-state index in [4.69, 9.17) is 16.3 Å². The Balaban J connectivity index is 1.65. The fourth-order valence-corrected chi connectivity index (χ4v) is 2.57. The molecule has 1 aliphatic rings. The number of carbonyl (C=O) groups excluding carboxylic acids is 2. The van der Waals surface area contributed by atoms with Gasteiger partial charge in [0.25, 0.3) is 5.91 Å². The number of hydrogen-bond donors (Lipinski definition) is 1. The topological polar surface area (TPSA) is 58.6 Å². The molecule has 7 heteroatoms. The molecule has 0 aromatic heterocycles. The van der Waals surface area contributed by atoms with Gasteiger partial charge in [0.05, 0.1) is 11.4 Å². The summed E-state index contributed by atoms with van der Waals surface area (Å²) in [7, 11) is 0. The minimum atomic E-state index is -0.608. The SMILES string of the molecule is O=C(CCN1C(=O)COc2ccccc21)Nc1ccc(Cl)cc1F. The zero-order valence-electron chi connectivity index (χ0n) is 12.6. The standard InChI is InChI=1S/C17H14ClFN2O3/c18-11-5-6-13(12(19)9-11)20-16(22)7-8-21-14-3-1-2-4-15(14)24-10-17(21)23/h1-6,9H,7-8,10H2,(H,20,22). The lowest BCUT2D eigenvalue weighted by atomic mass is 10.2. The number of anilines is 2. The average Bonchev–Trinajstić information content (AvgIpc) is 2.56. The van der Waals surface area contributed by atoms with Gasteiger partial charge in [-0.3, -0.25) is 9.59 Å². The first kappa shape index (κ1) is 16.3. The Morgan fingerprint density at radius 2 is 2.08 bits per heavy atom. The van der Waals surface area contributed by atoms with E-state index in [0.717, 1.165) is 6.07 Å². The minimum Gasteiger partial charge on any atom is -0.482 e. The quantitative estimate of drug-likeness (QED) is 0.922. The van der Waals surface area contributed by atoms with Gasteiger partial charge in [-0.15, -0.1) is 0 Å². The van der Waals surface area contributed by atoms with E-state index < -0.39 is 11.7 Å². The van der Waals surface area contributed by atoms with Crippen molar-refractivity contribution in [3.8, 4) is 5.75 Å². The second-order valence-corrected chi connectivity index (χ2v) is 5.66. The van der Waals surface area contributed by atoms with Gasteiger partial charge in [-0.2, -0.15) is 0 Å². The number of halogens is 2. The van der Waals surface area contributed by atoms with Crippen molar-refractivity contribution in [2.75, 3.05) is 23.4 Å². The number of amides is 2. The van der Waals surface area contributed by atoms with Crippen molar-refractivity contribution in [2.24, 2.45) is 0 Å². The Morgan fingerprint density at radius 1 is 1.29 bits per heavy atom. The molecule has 0 fully saturated rings. The molecule has 0 spiro atoms. The Kier molecular flexibility index (Phi) is 4.66. The number of nitrogens with zero attached hydrogens (tertiary/aromatic N) is 1. The van der Waals surface area contributed by atoms with Crippen LogP contribution in [0.25, 0.3) is 0 Å². The van der Waals surface area contributed by atoms with Crippen LogP contribution in [0, 0.1) is 5.82 Å². The smallest absolute Gasteiger partial charge is 0.265 e. The highest BCUT2D eigenvalue weighted by molar-refractivity contribution is 6.30. The lowest BCUT2D eigenvalue weighted by molar-refractivity contribution is -0.121. The minimum absolute atomic E-state index is 0.0299. The number of carbonyl (C=O) groups is 2. The van der Waals surface area contributed by atoms with Crippen molar-refractivity contribution in [1.82, 2.24) is 0 Å². The number of fused-ring (bicyclic) bond motifs is 1. The van der Waals surface area contributed by atoms with Crippen LogP contribution < -0.4 is 15.0 Å². The molecule has 3 rings (SSSR count). The molecule has 0 aliphatic carbocycles. The third-order valence-corrected chi connectivity index (χ3v) is 3.81. The van der Waals surface area contributed by atoms with Gasteiger partial charge in [-0.25, -0.2) is 4.39 Å². The van der Waals surface area contributed by atoms with Gasteiger partial charge in [-0.05, 0) is 30.3 Å². The van der Waals surface area contributed by atoms with Crippen LogP contribution in [-0.4, -0.2) is 25.0 Å². The third-order valence-electron chi connectivity index (χ3n) is 3.58. The number of nitrogens with one attached hydrogen (secondary N) is 1. The molecule has 2 aromatic carbocycles. The van der Waals surface area contributed by atoms with E-state index in [1.165, 1.54) is 17.0 Å². The van der Waals surface area contributed by atoms with Gasteiger partial charge < -0.3 is 15.0 Å². The Hall–Kier alpha value is -2.60. The van der Waals surface area contributed by atoms with Crippen molar-refractivity contribution < 1.29 is 18.7 Å².